The van der Waals surface area contributed by atoms with E-state index < -0.39 is 10.0 Å². The molecule has 1 atom stereocenters. The Bertz CT molecular complexity index is 299. The van der Waals surface area contributed by atoms with E-state index >= 15 is 0 Å². The number of sulfonamides is 1. The molecule has 1 unspecified atom stereocenters. The van der Waals surface area contributed by atoms with E-state index in [1.807, 2.05) is 6.92 Å². The fourth-order valence-electron chi connectivity index (χ4n) is 1.81. The molecule has 1 fully saturated rings. The highest BCUT2D eigenvalue weighted by Gasteiger charge is 2.32. The van der Waals surface area contributed by atoms with Crippen molar-refractivity contribution in [1.29, 1.82) is 0 Å². The van der Waals surface area contributed by atoms with Gasteiger partial charge in [0, 0.05) is 19.6 Å². The van der Waals surface area contributed by atoms with Gasteiger partial charge in [0.05, 0.1) is 5.25 Å². The Morgan fingerprint density at radius 3 is 2.50 bits per heavy atom. The molecule has 16 heavy (non-hydrogen) atoms. The molecule has 4 nitrogen and oxygen atoms in total. The first-order valence-electron chi connectivity index (χ1n) is 6.16. The lowest BCUT2D eigenvalue weighted by atomic mass is 10.4. The molecule has 0 aliphatic heterocycles. The van der Waals surface area contributed by atoms with Crippen LogP contribution in [-0.4, -0.2) is 44.7 Å². The Hall–Kier alpha value is -0.130. The van der Waals surface area contributed by atoms with E-state index in [-0.39, 0.29) is 5.25 Å². The van der Waals surface area contributed by atoms with Crippen molar-refractivity contribution in [3.8, 4) is 0 Å². The summed E-state index contributed by atoms with van der Waals surface area (Å²) in [6.45, 7) is 5.71. The lowest BCUT2D eigenvalue weighted by Crippen LogP contribution is -2.42. The highest BCUT2D eigenvalue weighted by molar-refractivity contribution is 7.89. The molecule has 0 spiro atoms. The van der Waals surface area contributed by atoms with Crippen LogP contribution in [0.2, 0.25) is 0 Å². The molecule has 0 radical (unpaired) electrons. The normalized spacial score (nSPS) is 19.0. The van der Waals surface area contributed by atoms with E-state index in [4.69, 9.17) is 0 Å². The van der Waals surface area contributed by atoms with Crippen molar-refractivity contribution in [3.05, 3.63) is 0 Å². The van der Waals surface area contributed by atoms with Crippen LogP contribution >= 0.6 is 0 Å². The molecule has 1 N–H and O–H groups in total. The van der Waals surface area contributed by atoms with Gasteiger partial charge in [-0.15, -0.1) is 0 Å². The Balaban J connectivity index is 2.65. The van der Waals surface area contributed by atoms with Crippen LogP contribution in [0.5, 0.6) is 0 Å². The summed E-state index contributed by atoms with van der Waals surface area (Å²) in [6, 6.07) is 0. The molecule has 1 saturated carbocycles. The molecule has 1 rings (SSSR count). The van der Waals surface area contributed by atoms with Crippen LogP contribution in [0.1, 0.15) is 33.1 Å². The minimum absolute atomic E-state index is 0.331. The second-order valence-electron chi connectivity index (χ2n) is 4.71. The van der Waals surface area contributed by atoms with Gasteiger partial charge in [0.25, 0.3) is 0 Å². The molecular formula is C11H24N2O2S. The third kappa shape index (κ3) is 3.71. The zero-order chi connectivity index (χ0) is 12.2. The van der Waals surface area contributed by atoms with Gasteiger partial charge in [-0.2, -0.15) is 0 Å². The van der Waals surface area contributed by atoms with Gasteiger partial charge in [-0.25, -0.2) is 12.7 Å². The second kappa shape index (κ2) is 5.98. The summed E-state index contributed by atoms with van der Waals surface area (Å²) in [5.74, 6) is 0.614. The molecule has 0 amide bonds. The Labute approximate surface area is 99.5 Å². The third-order valence-corrected chi connectivity index (χ3v) is 5.23. The molecule has 1 aliphatic carbocycles. The van der Waals surface area contributed by atoms with Crippen LogP contribution in [-0.2, 0) is 10.0 Å². The van der Waals surface area contributed by atoms with Crippen LogP contribution in [0.3, 0.4) is 0 Å². The van der Waals surface area contributed by atoms with Crippen molar-refractivity contribution in [2.24, 2.45) is 5.92 Å². The van der Waals surface area contributed by atoms with Crippen molar-refractivity contribution in [3.63, 3.8) is 0 Å². The maximum atomic E-state index is 12.3. The third-order valence-electron chi connectivity index (χ3n) is 2.99. The topological polar surface area (TPSA) is 49.4 Å². The van der Waals surface area contributed by atoms with Gasteiger partial charge in [-0.1, -0.05) is 6.92 Å². The van der Waals surface area contributed by atoms with Crippen LogP contribution in [0.25, 0.3) is 0 Å². The summed E-state index contributed by atoms with van der Waals surface area (Å²) < 4.78 is 26.2. The van der Waals surface area contributed by atoms with E-state index in [1.165, 1.54) is 12.8 Å². The number of rotatable bonds is 8. The molecule has 1 aliphatic rings. The maximum Gasteiger partial charge on any atom is 0.217 e. The van der Waals surface area contributed by atoms with Crippen LogP contribution in [0.4, 0.5) is 0 Å². The standard InChI is InChI=1S/C11H24N2O2S/c1-4-7-13(9-11-5-6-11)16(14,15)10(2)8-12-3/h10-12H,4-9H2,1-3H3. The van der Waals surface area contributed by atoms with Crippen LogP contribution in [0.15, 0.2) is 0 Å². The Morgan fingerprint density at radius 2 is 2.06 bits per heavy atom. The summed E-state index contributed by atoms with van der Waals surface area (Å²) in [5, 5.41) is 2.60. The molecule has 0 bridgehead atoms. The van der Waals surface area contributed by atoms with Crippen molar-refractivity contribution in [2.45, 2.75) is 38.4 Å². The van der Waals surface area contributed by atoms with Gasteiger partial charge in [-0.3, -0.25) is 0 Å². The summed E-state index contributed by atoms with van der Waals surface area (Å²) in [4.78, 5) is 0. The van der Waals surface area contributed by atoms with Crippen molar-refractivity contribution >= 4 is 10.0 Å². The molecule has 5 heteroatoms. The smallest absolute Gasteiger partial charge is 0.217 e. The van der Waals surface area contributed by atoms with E-state index in [0.717, 1.165) is 13.0 Å². The summed E-state index contributed by atoms with van der Waals surface area (Å²) in [7, 11) is -1.32. The monoisotopic (exact) mass is 248 g/mol. The first-order valence-corrected chi connectivity index (χ1v) is 7.66. The number of hydrogen-bond acceptors (Lipinski definition) is 3. The van der Waals surface area contributed by atoms with Gasteiger partial charge in [-0.05, 0) is 39.2 Å². The molecule has 0 aromatic heterocycles. The van der Waals surface area contributed by atoms with Gasteiger partial charge in [0.2, 0.25) is 10.0 Å². The molecule has 96 valence electrons. The highest BCUT2D eigenvalue weighted by atomic mass is 32.2. The predicted molar refractivity (Wildman–Crippen MR) is 66.9 cm³/mol. The maximum absolute atomic E-state index is 12.3. The lowest BCUT2D eigenvalue weighted by molar-refractivity contribution is 0.389. The zero-order valence-corrected chi connectivity index (χ0v) is 11.4. The van der Waals surface area contributed by atoms with Crippen molar-refractivity contribution < 1.29 is 8.42 Å². The average Bonchev–Trinajstić information content (AvgIpc) is 3.01. The quantitative estimate of drug-likeness (QED) is 0.698. The fourth-order valence-corrected chi connectivity index (χ4v) is 3.55. The molecule has 0 saturated heterocycles. The van der Waals surface area contributed by atoms with E-state index in [2.05, 4.69) is 5.32 Å². The van der Waals surface area contributed by atoms with E-state index in [1.54, 1.807) is 18.3 Å². The second-order valence-corrected chi connectivity index (χ2v) is 7.07. The minimum atomic E-state index is -3.11. The number of nitrogens with zero attached hydrogens (tertiary/aromatic N) is 1. The van der Waals surface area contributed by atoms with Crippen molar-refractivity contribution in [1.82, 2.24) is 9.62 Å². The highest BCUT2D eigenvalue weighted by Crippen LogP contribution is 2.31. The van der Waals surface area contributed by atoms with E-state index in [9.17, 15) is 8.42 Å². The fraction of sp³-hybridized carbons (Fsp3) is 1.00. The predicted octanol–water partition coefficient (Wildman–Crippen LogP) is 1.05. The van der Waals surface area contributed by atoms with Crippen molar-refractivity contribution in [2.75, 3.05) is 26.7 Å². The van der Waals surface area contributed by atoms with Gasteiger partial charge >= 0.3 is 0 Å². The van der Waals surface area contributed by atoms with Gasteiger partial charge < -0.3 is 5.32 Å². The number of nitrogens with one attached hydrogen (secondary N) is 1. The minimum Gasteiger partial charge on any atom is -0.318 e. The molecule has 0 aromatic carbocycles. The summed E-state index contributed by atoms with van der Waals surface area (Å²) in [6.07, 6.45) is 3.27. The first kappa shape index (κ1) is 13.9. The largest absolute Gasteiger partial charge is 0.318 e. The average molecular weight is 248 g/mol. The Morgan fingerprint density at radius 1 is 1.44 bits per heavy atom. The first-order chi connectivity index (χ1) is 7.52. The molecular weight excluding hydrogens is 224 g/mol. The molecule has 0 heterocycles. The zero-order valence-electron chi connectivity index (χ0n) is 10.6. The van der Waals surface area contributed by atoms with Gasteiger partial charge in [0.1, 0.15) is 0 Å². The number of hydrogen-bond donors (Lipinski definition) is 1. The van der Waals surface area contributed by atoms with Crippen LogP contribution < -0.4 is 5.32 Å². The Kier molecular flexibility index (Phi) is 5.21. The molecule has 0 aromatic rings. The summed E-state index contributed by atoms with van der Waals surface area (Å²) in [5.41, 5.74) is 0. The van der Waals surface area contributed by atoms with Crippen LogP contribution in [0, 0.1) is 5.92 Å². The lowest BCUT2D eigenvalue weighted by Gasteiger charge is -2.25. The van der Waals surface area contributed by atoms with E-state index in [0.29, 0.717) is 19.0 Å². The van der Waals surface area contributed by atoms with Gasteiger partial charge in [0.15, 0.2) is 0 Å². The summed E-state index contributed by atoms with van der Waals surface area (Å²) >= 11 is 0. The SMILES string of the molecule is CCCN(CC1CC1)S(=O)(=O)C(C)CNC.